The third-order valence-electron chi connectivity index (χ3n) is 6.37. The van der Waals surface area contributed by atoms with Gasteiger partial charge in [-0.05, 0) is 81.4 Å². The number of benzene rings is 2. The SMILES string of the molecule is CC(=O)c1c(C)cc(C)c(CSc2nnc(CN3CCCC3)n2Cc2ccccc2)c1C. The van der Waals surface area contributed by atoms with Crippen molar-refractivity contribution in [3.05, 3.63) is 75.6 Å². The van der Waals surface area contributed by atoms with Crippen molar-refractivity contribution >= 4 is 17.5 Å². The summed E-state index contributed by atoms with van der Waals surface area (Å²) in [6.07, 6.45) is 2.53. The van der Waals surface area contributed by atoms with Crippen LogP contribution in [0.25, 0.3) is 0 Å². The first kappa shape index (κ1) is 22.7. The molecule has 32 heavy (non-hydrogen) atoms. The van der Waals surface area contributed by atoms with Crippen LogP contribution in [0.2, 0.25) is 0 Å². The van der Waals surface area contributed by atoms with Crippen LogP contribution in [0, 0.1) is 20.8 Å². The molecule has 0 unspecified atom stereocenters. The lowest BCUT2D eigenvalue weighted by Gasteiger charge is -2.17. The van der Waals surface area contributed by atoms with Gasteiger partial charge >= 0.3 is 0 Å². The summed E-state index contributed by atoms with van der Waals surface area (Å²) in [7, 11) is 0. The summed E-state index contributed by atoms with van der Waals surface area (Å²) in [5, 5.41) is 10.1. The molecule has 0 spiro atoms. The van der Waals surface area contributed by atoms with Crippen molar-refractivity contribution in [3.8, 4) is 0 Å². The van der Waals surface area contributed by atoms with Gasteiger partial charge in [-0.1, -0.05) is 48.2 Å². The number of likely N-dealkylation sites (tertiary alicyclic amines) is 1. The smallest absolute Gasteiger partial charge is 0.191 e. The fourth-order valence-electron chi connectivity index (χ4n) is 4.74. The van der Waals surface area contributed by atoms with Crippen LogP contribution in [0.3, 0.4) is 0 Å². The van der Waals surface area contributed by atoms with Crippen molar-refractivity contribution in [2.45, 2.75) is 64.5 Å². The lowest BCUT2D eigenvalue weighted by Crippen LogP contribution is -2.21. The number of hydrogen-bond donors (Lipinski definition) is 0. The molecule has 1 fully saturated rings. The summed E-state index contributed by atoms with van der Waals surface area (Å²) in [4.78, 5) is 14.7. The van der Waals surface area contributed by atoms with Crippen molar-refractivity contribution < 1.29 is 4.79 Å². The Labute approximate surface area is 195 Å². The van der Waals surface area contributed by atoms with Gasteiger partial charge in [0.15, 0.2) is 10.9 Å². The van der Waals surface area contributed by atoms with Crippen LogP contribution in [-0.4, -0.2) is 38.5 Å². The van der Waals surface area contributed by atoms with Crippen LogP contribution >= 0.6 is 11.8 Å². The highest BCUT2D eigenvalue weighted by atomic mass is 32.2. The Hall–Kier alpha value is -2.44. The molecule has 5 nitrogen and oxygen atoms in total. The predicted molar refractivity (Wildman–Crippen MR) is 130 cm³/mol. The zero-order chi connectivity index (χ0) is 22.7. The minimum absolute atomic E-state index is 0.131. The molecule has 6 heteroatoms. The average molecular weight is 449 g/mol. The Balaban J connectivity index is 1.61. The van der Waals surface area contributed by atoms with Gasteiger partial charge in [0, 0.05) is 11.3 Å². The predicted octanol–water partition coefficient (Wildman–Crippen LogP) is 5.34. The number of carbonyl (C=O) groups excluding carboxylic acids is 1. The first-order valence-electron chi connectivity index (χ1n) is 11.4. The van der Waals surface area contributed by atoms with Crippen molar-refractivity contribution in [3.63, 3.8) is 0 Å². The number of carbonyl (C=O) groups is 1. The maximum atomic E-state index is 12.2. The van der Waals surface area contributed by atoms with E-state index in [1.807, 2.05) is 13.0 Å². The molecule has 0 atom stereocenters. The molecule has 0 N–H and O–H groups in total. The number of aromatic nitrogens is 3. The zero-order valence-corrected chi connectivity index (χ0v) is 20.3. The third-order valence-corrected chi connectivity index (χ3v) is 7.36. The van der Waals surface area contributed by atoms with Gasteiger partial charge in [-0.15, -0.1) is 10.2 Å². The Morgan fingerprint density at radius 3 is 2.41 bits per heavy atom. The highest BCUT2D eigenvalue weighted by molar-refractivity contribution is 7.98. The minimum atomic E-state index is 0.131. The van der Waals surface area contributed by atoms with Crippen LogP contribution in [0.15, 0.2) is 41.6 Å². The zero-order valence-electron chi connectivity index (χ0n) is 19.5. The van der Waals surface area contributed by atoms with Gasteiger partial charge in [0.05, 0.1) is 13.1 Å². The number of ketones is 1. The molecule has 3 aromatic rings. The maximum absolute atomic E-state index is 12.2. The molecule has 168 valence electrons. The largest absolute Gasteiger partial charge is 0.300 e. The van der Waals surface area contributed by atoms with E-state index in [4.69, 9.17) is 0 Å². The molecule has 4 rings (SSSR count). The summed E-state index contributed by atoms with van der Waals surface area (Å²) >= 11 is 1.71. The molecule has 1 aliphatic rings. The molecule has 0 radical (unpaired) electrons. The number of hydrogen-bond acceptors (Lipinski definition) is 5. The molecule has 1 aliphatic heterocycles. The number of aryl methyl sites for hydroxylation is 2. The fraction of sp³-hybridized carbons (Fsp3) is 0.423. The Morgan fingerprint density at radius 2 is 1.72 bits per heavy atom. The number of nitrogens with zero attached hydrogens (tertiary/aromatic N) is 4. The molecule has 0 amide bonds. The molecule has 0 aliphatic carbocycles. The second-order valence-corrected chi connectivity index (χ2v) is 9.73. The summed E-state index contributed by atoms with van der Waals surface area (Å²) in [5.74, 6) is 1.93. The molecule has 1 aromatic heterocycles. The van der Waals surface area contributed by atoms with E-state index < -0.39 is 0 Å². The van der Waals surface area contributed by atoms with E-state index in [0.717, 1.165) is 59.6 Å². The van der Waals surface area contributed by atoms with Crippen LogP contribution in [0.1, 0.15) is 63.8 Å². The third kappa shape index (κ3) is 4.97. The minimum Gasteiger partial charge on any atom is -0.300 e. The van der Waals surface area contributed by atoms with Crippen molar-refractivity contribution in [2.75, 3.05) is 13.1 Å². The topological polar surface area (TPSA) is 51.0 Å². The fourth-order valence-corrected chi connectivity index (χ4v) is 5.88. The van der Waals surface area contributed by atoms with Crippen LogP contribution in [0.4, 0.5) is 0 Å². The molecule has 2 heterocycles. The second kappa shape index (κ2) is 10.0. The van der Waals surface area contributed by atoms with Crippen molar-refractivity contribution in [1.29, 1.82) is 0 Å². The molecule has 0 saturated carbocycles. The first-order chi connectivity index (χ1) is 15.4. The monoisotopic (exact) mass is 448 g/mol. The standard InChI is InChI=1S/C26H32N4OS/c1-18-14-19(2)25(21(4)31)20(3)23(18)17-32-26-28-27-24(16-29-12-8-9-13-29)30(26)15-22-10-6-5-7-11-22/h5-7,10-11,14H,8-9,12-13,15-17H2,1-4H3. The Bertz CT molecular complexity index is 1100. The maximum Gasteiger partial charge on any atom is 0.191 e. The van der Waals surface area contributed by atoms with E-state index in [9.17, 15) is 4.79 Å². The van der Waals surface area contributed by atoms with E-state index >= 15 is 0 Å². The quantitative estimate of drug-likeness (QED) is 0.344. The Morgan fingerprint density at radius 1 is 1.00 bits per heavy atom. The highest BCUT2D eigenvalue weighted by Crippen LogP contribution is 2.30. The van der Waals surface area contributed by atoms with E-state index in [-0.39, 0.29) is 5.78 Å². The average Bonchev–Trinajstić information content (AvgIpc) is 3.39. The number of thioether (sulfide) groups is 1. The van der Waals surface area contributed by atoms with Crippen LogP contribution < -0.4 is 0 Å². The van der Waals surface area contributed by atoms with Gasteiger partial charge in [-0.2, -0.15) is 0 Å². The van der Waals surface area contributed by atoms with Crippen LogP contribution in [-0.2, 0) is 18.8 Å². The van der Waals surface area contributed by atoms with Gasteiger partial charge in [-0.3, -0.25) is 9.69 Å². The summed E-state index contributed by atoms with van der Waals surface area (Å²) in [5.41, 5.74) is 6.70. The van der Waals surface area contributed by atoms with Gasteiger partial charge in [-0.25, -0.2) is 0 Å². The molecule has 2 aromatic carbocycles. The highest BCUT2D eigenvalue weighted by Gasteiger charge is 2.20. The van der Waals surface area contributed by atoms with Crippen LogP contribution in [0.5, 0.6) is 0 Å². The summed E-state index contributed by atoms with van der Waals surface area (Å²) in [6, 6.07) is 12.6. The normalized spacial score (nSPS) is 14.2. The van der Waals surface area contributed by atoms with Crippen molar-refractivity contribution in [2.24, 2.45) is 0 Å². The molecule has 1 saturated heterocycles. The Kier molecular flexibility index (Phi) is 7.11. The summed E-state index contributed by atoms with van der Waals surface area (Å²) in [6.45, 7) is 11.8. The number of Topliss-reactive ketones (excluding diaryl/α,β-unsaturated/α-hetero) is 1. The van der Waals surface area contributed by atoms with Gasteiger partial charge in [0.2, 0.25) is 0 Å². The molecular formula is C26H32N4OS. The number of rotatable bonds is 8. The van der Waals surface area contributed by atoms with Crippen molar-refractivity contribution in [1.82, 2.24) is 19.7 Å². The molecular weight excluding hydrogens is 416 g/mol. The van der Waals surface area contributed by atoms with Gasteiger partial charge in [0.25, 0.3) is 0 Å². The lowest BCUT2D eigenvalue weighted by molar-refractivity contribution is 0.101. The van der Waals surface area contributed by atoms with E-state index in [0.29, 0.717) is 0 Å². The van der Waals surface area contributed by atoms with E-state index in [1.165, 1.54) is 29.5 Å². The van der Waals surface area contributed by atoms with Gasteiger partial charge in [0.1, 0.15) is 5.82 Å². The van der Waals surface area contributed by atoms with E-state index in [2.05, 4.69) is 63.8 Å². The second-order valence-electron chi connectivity index (χ2n) is 8.79. The van der Waals surface area contributed by atoms with E-state index in [1.54, 1.807) is 18.7 Å². The summed E-state index contributed by atoms with van der Waals surface area (Å²) < 4.78 is 2.27. The molecule has 0 bridgehead atoms. The lowest BCUT2D eigenvalue weighted by atomic mass is 9.92. The first-order valence-corrected chi connectivity index (χ1v) is 12.3. The van der Waals surface area contributed by atoms with Gasteiger partial charge < -0.3 is 4.57 Å².